The second-order valence-electron chi connectivity index (χ2n) is 6.31. The Hall–Kier alpha value is -1.73. The molecule has 2 N–H and O–H groups in total. The van der Waals surface area contributed by atoms with Crippen molar-refractivity contribution >= 4 is 21.6 Å². The third-order valence-electron chi connectivity index (χ3n) is 4.17. The number of hydrogen-bond donors (Lipinski definition) is 1. The van der Waals surface area contributed by atoms with Crippen LogP contribution < -0.4 is 5.73 Å². The SMILES string of the molecule is CC(C)c1nn(C)c2sc(-c3nc(C(N)C4CC4)no3)cc12. The summed E-state index contributed by atoms with van der Waals surface area (Å²) in [7, 11) is 1.97. The van der Waals surface area contributed by atoms with Gasteiger partial charge in [0.2, 0.25) is 0 Å². The van der Waals surface area contributed by atoms with Crippen LogP contribution in [-0.4, -0.2) is 19.9 Å². The predicted octanol–water partition coefficient (Wildman–Crippen LogP) is 3.22. The van der Waals surface area contributed by atoms with Gasteiger partial charge in [-0.1, -0.05) is 19.0 Å². The minimum absolute atomic E-state index is 0.0974. The highest BCUT2D eigenvalue weighted by molar-refractivity contribution is 7.21. The highest BCUT2D eigenvalue weighted by atomic mass is 32.1. The van der Waals surface area contributed by atoms with Crippen LogP contribution in [0.5, 0.6) is 0 Å². The van der Waals surface area contributed by atoms with Crippen molar-refractivity contribution in [2.45, 2.75) is 38.6 Å². The monoisotopic (exact) mass is 317 g/mol. The predicted molar refractivity (Wildman–Crippen MR) is 85.6 cm³/mol. The Morgan fingerprint density at radius 2 is 2.18 bits per heavy atom. The highest BCUT2D eigenvalue weighted by Gasteiger charge is 2.33. The van der Waals surface area contributed by atoms with Gasteiger partial charge in [0.05, 0.1) is 16.6 Å². The van der Waals surface area contributed by atoms with Gasteiger partial charge in [-0.15, -0.1) is 11.3 Å². The van der Waals surface area contributed by atoms with E-state index < -0.39 is 0 Å². The number of rotatable bonds is 4. The van der Waals surface area contributed by atoms with Crippen LogP contribution in [-0.2, 0) is 7.05 Å². The summed E-state index contributed by atoms with van der Waals surface area (Å²) < 4.78 is 7.35. The summed E-state index contributed by atoms with van der Waals surface area (Å²) in [6.45, 7) is 4.30. The Morgan fingerprint density at radius 3 is 2.86 bits per heavy atom. The Bertz CT molecular complexity index is 826. The molecule has 3 heterocycles. The molecule has 1 saturated carbocycles. The smallest absolute Gasteiger partial charge is 0.268 e. The van der Waals surface area contributed by atoms with Crippen molar-refractivity contribution in [2.24, 2.45) is 18.7 Å². The van der Waals surface area contributed by atoms with Crippen molar-refractivity contribution < 1.29 is 4.52 Å². The molecule has 4 rings (SSSR count). The second-order valence-corrected chi connectivity index (χ2v) is 7.34. The van der Waals surface area contributed by atoms with Crippen LogP contribution >= 0.6 is 11.3 Å². The molecule has 0 saturated heterocycles. The summed E-state index contributed by atoms with van der Waals surface area (Å²) in [5.74, 6) is 2.08. The molecule has 0 radical (unpaired) electrons. The van der Waals surface area contributed by atoms with Crippen LogP contribution in [0.4, 0.5) is 0 Å². The van der Waals surface area contributed by atoms with Gasteiger partial charge >= 0.3 is 0 Å². The van der Waals surface area contributed by atoms with Crippen LogP contribution in [0.2, 0.25) is 0 Å². The molecule has 6 nitrogen and oxygen atoms in total. The molecule has 0 amide bonds. The maximum atomic E-state index is 6.14. The number of aromatic nitrogens is 4. The van der Waals surface area contributed by atoms with E-state index in [1.54, 1.807) is 11.3 Å². The van der Waals surface area contributed by atoms with Gasteiger partial charge in [0.15, 0.2) is 5.82 Å². The third kappa shape index (κ3) is 2.16. The molecular weight excluding hydrogens is 298 g/mol. The van der Waals surface area contributed by atoms with Crippen LogP contribution in [0.25, 0.3) is 21.0 Å². The van der Waals surface area contributed by atoms with Crippen molar-refractivity contribution in [3.8, 4) is 10.8 Å². The maximum Gasteiger partial charge on any atom is 0.268 e. The summed E-state index contributed by atoms with van der Waals surface area (Å²) in [6.07, 6.45) is 2.33. The van der Waals surface area contributed by atoms with Gasteiger partial charge in [0.25, 0.3) is 5.89 Å². The van der Waals surface area contributed by atoms with E-state index in [1.165, 1.54) is 5.39 Å². The first-order chi connectivity index (χ1) is 10.5. The second kappa shape index (κ2) is 4.89. The molecular formula is C15H19N5OS. The van der Waals surface area contributed by atoms with Crippen LogP contribution in [0.1, 0.15) is 50.2 Å². The fraction of sp³-hybridized carbons (Fsp3) is 0.533. The van der Waals surface area contributed by atoms with Gasteiger partial charge < -0.3 is 10.3 Å². The Kier molecular flexibility index (Phi) is 3.09. The van der Waals surface area contributed by atoms with Crippen LogP contribution in [0, 0.1) is 5.92 Å². The average Bonchev–Trinajstić information content (AvgIpc) is 2.94. The Morgan fingerprint density at radius 1 is 1.41 bits per heavy atom. The molecule has 1 aliphatic carbocycles. The van der Waals surface area contributed by atoms with Gasteiger partial charge in [-0.3, -0.25) is 4.68 Å². The third-order valence-corrected chi connectivity index (χ3v) is 5.36. The zero-order valence-corrected chi connectivity index (χ0v) is 13.7. The molecule has 3 aromatic heterocycles. The number of nitrogens with zero attached hydrogens (tertiary/aromatic N) is 4. The number of fused-ring (bicyclic) bond motifs is 1. The van der Waals surface area contributed by atoms with Crippen molar-refractivity contribution in [1.82, 2.24) is 19.9 Å². The lowest BCUT2D eigenvalue weighted by atomic mass is 10.1. The standard InChI is InChI=1S/C15H19N5OS/c1-7(2)12-9-6-10(22-15(9)20(3)18-12)14-17-13(19-21-14)11(16)8-4-5-8/h6-8,11H,4-5,16H2,1-3H3. The summed E-state index contributed by atoms with van der Waals surface area (Å²) >= 11 is 1.63. The van der Waals surface area contributed by atoms with Crippen molar-refractivity contribution in [2.75, 3.05) is 0 Å². The molecule has 1 aliphatic rings. The molecule has 1 atom stereocenters. The lowest BCUT2D eigenvalue weighted by Gasteiger charge is -2.01. The zero-order chi connectivity index (χ0) is 15.4. The van der Waals surface area contributed by atoms with Crippen molar-refractivity contribution in [1.29, 1.82) is 0 Å². The largest absolute Gasteiger partial charge is 0.333 e. The van der Waals surface area contributed by atoms with Crippen molar-refractivity contribution in [3.63, 3.8) is 0 Å². The number of thiophene rings is 1. The molecule has 0 aromatic carbocycles. The number of aryl methyl sites for hydroxylation is 1. The molecule has 0 aliphatic heterocycles. The minimum atomic E-state index is -0.0974. The van der Waals surface area contributed by atoms with E-state index in [1.807, 2.05) is 11.7 Å². The molecule has 3 aromatic rings. The summed E-state index contributed by atoms with van der Waals surface area (Å²) in [6, 6.07) is 2.00. The van der Waals surface area contributed by atoms with E-state index in [0.29, 0.717) is 23.6 Å². The molecule has 7 heteroatoms. The van der Waals surface area contributed by atoms with E-state index in [-0.39, 0.29) is 6.04 Å². The van der Waals surface area contributed by atoms with Crippen LogP contribution in [0.3, 0.4) is 0 Å². The molecule has 1 fully saturated rings. The Labute approximate surface area is 132 Å². The molecule has 0 bridgehead atoms. The van der Waals surface area contributed by atoms with E-state index in [2.05, 4.69) is 35.2 Å². The van der Waals surface area contributed by atoms with Gasteiger partial charge in [-0.05, 0) is 30.7 Å². The topological polar surface area (TPSA) is 82.8 Å². The average molecular weight is 317 g/mol. The molecule has 0 spiro atoms. The molecule has 116 valence electrons. The lowest BCUT2D eigenvalue weighted by Crippen LogP contribution is -2.13. The first-order valence-electron chi connectivity index (χ1n) is 7.60. The zero-order valence-electron chi connectivity index (χ0n) is 12.9. The van der Waals surface area contributed by atoms with Crippen molar-refractivity contribution in [3.05, 3.63) is 17.6 Å². The minimum Gasteiger partial charge on any atom is -0.333 e. The van der Waals surface area contributed by atoms with E-state index in [4.69, 9.17) is 10.3 Å². The lowest BCUT2D eigenvalue weighted by molar-refractivity contribution is 0.412. The Balaban J connectivity index is 1.73. The quantitative estimate of drug-likeness (QED) is 0.799. The fourth-order valence-electron chi connectivity index (χ4n) is 2.73. The van der Waals surface area contributed by atoms with Gasteiger partial charge in [-0.25, -0.2) is 0 Å². The number of nitrogens with two attached hydrogens (primary N) is 1. The van der Waals surface area contributed by atoms with E-state index in [0.717, 1.165) is 28.2 Å². The fourth-order valence-corrected chi connectivity index (χ4v) is 3.74. The highest BCUT2D eigenvalue weighted by Crippen LogP contribution is 2.40. The summed E-state index contributed by atoms with van der Waals surface area (Å²) in [5, 5.41) is 9.82. The van der Waals surface area contributed by atoms with Gasteiger partial charge in [-0.2, -0.15) is 10.1 Å². The first kappa shape index (κ1) is 13.9. The van der Waals surface area contributed by atoms with Gasteiger partial charge in [0.1, 0.15) is 4.83 Å². The maximum absolute atomic E-state index is 6.14. The number of hydrogen-bond acceptors (Lipinski definition) is 6. The van der Waals surface area contributed by atoms with Gasteiger partial charge in [0, 0.05) is 12.4 Å². The summed E-state index contributed by atoms with van der Waals surface area (Å²) in [5.41, 5.74) is 7.24. The van der Waals surface area contributed by atoms with E-state index >= 15 is 0 Å². The normalized spacial score (nSPS) is 16.8. The molecule has 22 heavy (non-hydrogen) atoms. The molecule has 1 unspecified atom stereocenters. The van der Waals surface area contributed by atoms with E-state index in [9.17, 15) is 0 Å². The van der Waals surface area contributed by atoms with Crippen LogP contribution in [0.15, 0.2) is 10.6 Å². The first-order valence-corrected chi connectivity index (χ1v) is 8.42. The summed E-state index contributed by atoms with van der Waals surface area (Å²) in [4.78, 5) is 6.61.